The van der Waals surface area contributed by atoms with Crippen LogP contribution in [0, 0.1) is 5.92 Å². The number of nitrogens with two attached hydrogens (primary N) is 1. The maximum absolute atomic E-state index is 12.6. The van der Waals surface area contributed by atoms with Gasteiger partial charge in [-0.3, -0.25) is 9.59 Å². The van der Waals surface area contributed by atoms with Crippen LogP contribution in [0.15, 0.2) is 36.4 Å². The fourth-order valence-corrected chi connectivity index (χ4v) is 2.85. The SMILES string of the molecule is CC(C)[C@H](NC(=O)c1ccc(Cl)cc1)C(=O)Nc1cc(Cl)c(N)c(Cl)c1. The molecule has 2 amide bonds. The molecule has 0 saturated heterocycles. The predicted molar refractivity (Wildman–Crippen MR) is 107 cm³/mol. The van der Waals surface area contributed by atoms with Gasteiger partial charge in [-0.2, -0.15) is 0 Å². The molecule has 0 aromatic heterocycles. The highest BCUT2D eigenvalue weighted by Crippen LogP contribution is 2.31. The first-order valence-electron chi connectivity index (χ1n) is 7.81. The van der Waals surface area contributed by atoms with Crippen molar-refractivity contribution in [2.75, 3.05) is 11.1 Å². The molecule has 0 fully saturated rings. The van der Waals surface area contributed by atoms with Crippen LogP contribution in [-0.2, 0) is 4.79 Å². The molecule has 0 spiro atoms. The predicted octanol–water partition coefficient (Wildman–Crippen LogP) is 4.62. The molecule has 0 heterocycles. The summed E-state index contributed by atoms with van der Waals surface area (Å²) in [6.45, 7) is 3.66. The molecule has 2 aromatic carbocycles. The highest BCUT2D eigenvalue weighted by Gasteiger charge is 2.25. The second kappa shape index (κ2) is 8.62. The van der Waals surface area contributed by atoms with E-state index in [0.29, 0.717) is 16.3 Å². The molecule has 8 heteroatoms. The third-order valence-electron chi connectivity index (χ3n) is 3.69. The summed E-state index contributed by atoms with van der Waals surface area (Å²) in [5, 5.41) is 6.42. The Bertz CT molecular complexity index is 800. The van der Waals surface area contributed by atoms with Gasteiger partial charge in [0.15, 0.2) is 0 Å². The van der Waals surface area contributed by atoms with E-state index in [4.69, 9.17) is 40.5 Å². The summed E-state index contributed by atoms with van der Waals surface area (Å²) in [5.74, 6) is -0.908. The molecule has 2 rings (SSSR count). The Labute approximate surface area is 166 Å². The molecule has 0 unspecified atom stereocenters. The molecule has 1 atom stereocenters. The van der Waals surface area contributed by atoms with Crippen LogP contribution in [0.5, 0.6) is 0 Å². The number of benzene rings is 2. The molecule has 4 N–H and O–H groups in total. The van der Waals surface area contributed by atoms with Gasteiger partial charge in [0.1, 0.15) is 6.04 Å². The van der Waals surface area contributed by atoms with E-state index in [0.717, 1.165) is 0 Å². The molecule has 138 valence electrons. The van der Waals surface area contributed by atoms with Crippen molar-refractivity contribution < 1.29 is 9.59 Å². The van der Waals surface area contributed by atoms with Gasteiger partial charge in [0, 0.05) is 16.3 Å². The minimum absolute atomic E-state index is 0.147. The zero-order valence-corrected chi connectivity index (χ0v) is 16.4. The van der Waals surface area contributed by atoms with Crippen LogP contribution < -0.4 is 16.4 Å². The number of carbonyl (C=O) groups excluding carboxylic acids is 2. The highest BCUT2D eigenvalue weighted by atomic mass is 35.5. The maximum atomic E-state index is 12.6. The molecule has 0 aliphatic carbocycles. The first-order valence-corrected chi connectivity index (χ1v) is 8.94. The summed E-state index contributed by atoms with van der Waals surface area (Å²) in [6, 6.07) is 8.64. The molecular formula is C18H18Cl3N3O2. The van der Waals surface area contributed by atoms with Crippen molar-refractivity contribution >= 4 is 58.0 Å². The largest absolute Gasteiger partial charge is 0.396 e. The minimum atomic E-state index is -0.756. The molecule has 0 saturated carbocycles. The van der Waals surface area contributed by atoms with E-state index >= 15 is 0 Å². The Balaban J connectivity index is 2.14. The molecule has 0 aliphatic heterocycles. The Hall–Kier alpha value is -1.95. The third kappa shape index (κ3) is 5.04. The lowest BCUT2D eigenvalue weighted by Gasteiger charge is -2.22. The lowest BCUT2D eigenvalue weighted by atomic mass is 10.0. The van der Waals surface area contributed by atoms with Gasteiger partial charge in [-0.25, -0.2) is 0 Å². The molecule has 2 aromatic rings. The van der Waals surface area contributed by atoms with Gasteiger partial charge in [0.25, 0.3) is 5.91 Å². The number of halogens is 3. The molecule has 26 heavy (non-hydrogen) atoms. The van der Waals surface area contributed by atoms with Crippen LogP contribution in [0.25, 0.3) is 0 Å². The molecule has 0 bridgehead atoms. The normalized spacial score (nSPS) is 11.9. The van der Waals surface area contributed by atoms with Crippen LogP contribution in [0.3, 0.4) is 0 Å². The molecule has 0 radical (unpaired) electrons. The van der Waals surface area contributed by atoms with Crippen LogP contribution in [-0.4, -0.2) is 17.9 Å². The van der Waals surface area contributed by atoms with Crippen molar-refractivity contribution in [3.63, 3.8) is 0 Å². The number of hydrogen-bond acceptors (Lipinski definition) is 3. The number of hydrogen-bond donors (Lipinski definition) is 3. The van der Waals surface area contributed by atoms with Gasteiger partial charge in [-0.1, -0.05) is 48.7 Å². The number of nitrogen functional groups attached to an aromatic ring is 1. The van der Waals surface area contributed by atoms with E-state index in [1.54, 1.807) is 24.3 Å². The maximum Gasteiger partial charge on any atom is 0.251 e. The number of amides is 2. The van der Waals surface area contributed by atoms with E-state index in [1.165, 1.54) is 12.1 Å². The standard InChI is InChI=1S/C18H18Cl3N3O2/c1-9(2)16(24-17(25)10-3-5-11(19)6-4-10)18(26)23-12-7-13(20)15(22)14(21)8-12/h3-9,16H,22H2,1-2H3,(H,23,26)(H,24,25)/t16-/m0/s1. The smallest absolute Gasteiger partial charge is 0.251 e. The Morgan fingerprint density at radius 1 is 1.00 bits per heavy atom. The monoisotopic (exact) mass is 413 g/mol. The summed E-state index contributed by atoms with van der Waals surface area (Å²) in [5.41, 5.74) is 6.73. The van der Waals surface area contributed by atoms with Gasteiger partial charge in [-0.05, 0) is 42.3 Å². The summed E-state index contributed by atoms with van der Waals surface area (Å²) >= 11 is 17.8. The summed E-state index contributed by atoms with van der Waals surface area (Å²) in [4.78, 5) is 25.0. The summed E-state index contributed by atoms with van der Waals surface area (Å²) in [6.07, 6.45) is 0. The van der Waals surface area contributed by atoms with Gasteiger partial charge in [-0.15, -0.1) is 0 Å². The van der Waals surface area contributed by atoms with E-state index in [2.05, 4.69) is 10.6 Å². The fraction of sp³-hybridized carbons (Fsp3) is 0.222. The topological polar surface area (TPSA) is 84.2 Å². The highest BCUT2D eigenvalue weighted by molar-refractivity contribution is 6.39. The number of nitrogens with one attached hydrogen (secondary N) is 2. The second-order valence-electron chi connectivity index (χ2n) is 6.04. The molecule has 0 aliphatic rings. The van der Waals surface area contributed by atoms with E-state index < -0.39 is 6.04 Å². The zero-order chi connectivity index (χ0) is 19.4. The molecule has 5 nitrogen and oxygen atoms in total. The van der Waals surface area contributed by atoms with Crippen LogP contribution in [0.1, 0.15) is 24.2 Å². The average molecular weight is 415 g/mol. The van der Waals surface area contributed by atoms with Crippen molar-refractivity contribution in [1.29, 1.82) is 0 Å². The van der Waals surface area contributed by atoms with Gasteiger partial charge in [0.2, 0.25) is 5.91 Å². The number of carbonyl (C=O) groups is 2. The van der Waals surface area contributed by atoms with Crippen LogP contribution in [0.2, 0.25) is 15.1 Å². The summed E-state index contributed by atoms with van der Waals surface area (Å²) in [7, 11) is 0. The lowest BCUT2D eigenvalue weighted by Crippen LogP contribution is -2.47. The quantitative estimate of drug-likeness (QED) is 0.624. The Kier molecular flexibility index (Phi) is 6.75. The van der Waals surface area contributed by atoms with Gasteiger partial charge >= 0.3 is 0 Å². The van der Waals surface area contributed by atoms with Gasteiger partial charge < -0.3 is 16.4 Å². The van der Waals surface area contributed by atoms with Crippen LogP contribution >= 0.6 is 34.8 Å². The van der Waals surface area contributed by atoms with Gasteiger partial charge in [0.05, 0.1) is 15.7 Å². The summed E-state index contributed by atoms with van der Waals surface area (Å²) < 4.78 is 0. The number of anilines is 2. The molecular weight excluding hydrogens is 397 g/mol. The first-order chi connectivity index (χ1) is 12.2. The first kappa shape index (κ1) is 20.4. The van der Waals surface area contributed by atoms with Crippen molar-refractivity contribution in [3.05, 3.63) is 57.0 Å². The Morgan fingerprint density at radius 3 is 2.04 bits per heavy atom. The van der Waals surface area contributed by atoms with E-state index in [9.17, 15) is 9.59 Å². The van der Waals surface area contributed by atoms with Crippen molar-refractivity contribution in [3.8, 4) is 0 Å². The van der Waals surface area contributed by atoms with E-state index in [1.807, 2.05) is 13.8 Å². The van der Waals surface area contributed by atoms with Crippen molar-refractivity contribution in [2.45, 2.75) is 19.9 Å². The van der Waals surface area contributed by atoms with Crippen molar-refractivity contribution in [1.82, 2.24) is 5.32 Å². The van der Waals surface area contributed by atoms with Crippen LogP contribution in [0.4, 0.5) is 11.4 Å². The lowest BCUT2D eigenvalue weighted by molar-refractivity contribution is -0.118. The third-order valence-corrected chi connectivity index (χ3v) is 4.57. The second-order valence-corrected chi connectivity index (χ2v) is 7.30. The Morgan fingerprint density at radius 2 is 1.54 bits per heavy atom. The zero-order valence-electron chi connectivity index (χ0n) is 14.1. The number of rotatable bonds is 5. The van der Waals surface area contributed by atoms with E-state index in [-0.39, 0.29) is 33.5 Å². The van der Waals surface area contributed by atoms with Crippen molar-refractivity contribution in [2.24, 2.45) is 5.92 Å². The average Bonchev–Trinajstić information content (AvgIpc) is 2.57. The fourth-order valence-electron chi connectivity index (χ4n) is 2.24. The minimum Gasteiger partial charge on any atom is -0.396 e.